The number of benzene rings is 1. The Bertz CT molecular complexity index is 720. The number of alkyl carbamates (subject to hydrolysis) is 1. The third-order valence-electron chi connectivity index (χ3n) is 4.20. The maximum absolute atomic E-state index is 12.0. The van der Waals surface area contributed by atoms with Gasteiger partial charge in [0.25, 0.3) is 0 Å². The number of hydrogen-bond acceptors (Lipinski definition) is 5. The predicted molar refractivity (Wildman–Crippen MR) is 101 cm³/mol. The van der Waals surface area contributed by atoms with Gasteiger partial charge in [-0.2, -0.15) is 0 Å². The number of ether oxygens (including phenoxy) is 1. The molecule has 1 aromatic carbocycles. The number of rotatable bonds is 5. The number of carbonyl (C=O) groups is 2. The van der Waals surface area contributed by atoms with Crippen LogP contribution in [0, 0.1) is 0 Å². The molecule has 1 heterocycles. The summed E-state index contributed by atoms with van der Waals surface area (Å²) in [5.74, 6) is -0.302. The van der Waals surface area contributed by atoms with Crippen LogP contribution in [-0.2, 0) is 29.0 Å². The maximum Gasteiger partial charge on any atom is 0.407 e. The summed E-state index contributed by atoms with van der Waals surface area (Å²) in [6.45, 7) is 0.0331. The normalized spacial score (nSPS) is 13.8. The Kier molecular flexibility index (Phi) is 6.60. The summed E-state index contributed by atoms with van der Waals surface area (Å²) in [6, 6.07) is 9.39. The molecule has 7 heteroatoms. The van der Waals surface area contributed by atoms with E-state index in [1.807, 2.05) is 30.3 Å². The zero-order chi connectivity index (χ0) is 18.2. The summed E-state index contributed by atoms with van der Waals surface area (Å²) in [4.78, 5) is 29.5. The van der Waals surface area contributed by atoms with Gasteiger partial charge in [0, 0.05) is 4.88 Å². The molecule has 0 aliphatic heterocycles. The molecule has 2 N–H and O–H groups in total. The number of nitrogens with one attached hydrogen (secondary N) is 2. The van der Waals surface area contributed by atoms with E-state index in [-0.39, 0.29) is 19.1 Å². The first-order valence-electron chi connectivity index (χ1n) is 8.93. The van der Waals surface area contributed by atoms with Crippen molar-refractivity contribution in [2.45, 2.75) is 45.1 Å². The Morgan fingerprint density at radius 3 is 2.65 bits per heavy atom. The molecule has 1 aliphatic carbocycles. The van der Waals surface area contributed by atoms with E-state index >= 15 is 0 Å². The third-order valence-corrected chi connectivity index (χ3v) is 5.27. The van der Waals surface area contributed by atoms with Crippen molar-refractivity contribution in [2.75, 3.05) is 11.9 Å². The summed E-state index contributed by atoms with van der Waals surface area (Å²) in [5, 5.41) is 5.84. The van der Waals surface area contributed by atoms with Crippen LogP contribution in [0.3, 0.4) is 0 Å². The number of fused-ring (bicyclic) bond motifs is 1. The number of anilines is 1. The Balaban J connectivity index is 1.42. The van der Waals surface area contributed by atoms with E-state index in [9.17, 15) is 9.59 Å². The zero-order valence-corrected chi connectivity index (χ0v) is 15.4. The fourth-order valence-electron chi connectivity index (χ4n) is 2.85. The van der Waals surface area contributed by atoms with Gasteiger partial charge in [-0.15, -0.1) is 11.3 Å². The van der Waals surface area contributed by atoms with Crippen molar-refractivity contribution in [2.24, 2.45) is 0 Å². The molecule has 2 aromatic rings. The van der Waals surface area contributed by atoms with Crippen LogP contribution in [0.2, 0.25) is 0 Å². The lowest BCUT2D eigenvalue weighted by Gasteiger charge is -2.06. The largest absolute Gasteiger partial charge is 0.445 e. The molecule has 6 nitrogen and oxygen atoms in total. The van der Waals surface area contributed by atoms with Crippen LogP contribution in [0.5, 0.6) is 0 Å². The Morgan fingerprint density at radius 1 is 1.08 bits per heavy atom. The second-order valence-corrected chi connectivity index (χ2v) is 7.35. The molecule has 3 rings (SSSR count). The van der Waals surface area contributed by atoms with Crippen LogP contribution >= 0.6 is 11.3 Å². The second kappa shape index (κ2) is 9.33. The first-order valence-corrected chi connectivity index (χ1v) is 9.75. The van der Waals surface area contributed by atoms with Crippen LogP contribution in [0.25, 0.3) is 0 Å². The van der Waals surface area contributed by atoms with E-state index in [0.29, 0.717) is 5.13 Å². The molecule has 138 valence electrons. The minimum absolute atomic E-state index is 0.141. The summed E-state index contributed by atoms with van der Waals surface area (Å²) < 4.78 is 5.08. The summed E-state index contributed by atoms with van der Waals surface area (Å²) in [7, 11) is 0. The minimum atomic E-state index is -0.615. The van der Waals surface area contributed by atoms with E-state index in [0.717, 1.165) is 30.5 Å². The molecule has 0 saturated heterocycles. The molecule has 2 amide bonds. The average Bonchev–Trinajstić information content (AvgIpc) is 2.99. The predicted octanol–water partition coefficient (Wildman–Crippen LogP) is 3.67. The molecule has 0 saturated carbocycles. The molecule has 0 atom stereocenters. The lowest BCUT2D eigenvalue weighted by atomic mass is 10.0. The van der Waals surface area contributed by atoms with Crippen molar-refractivity contribution < 1.29 is 14.3 Å². The van der Waals surface area contributed by atoms with Crippen LogP contribution in [0.4, 0.5) is 9.93 Å². The van der Waals surface area contributed by atoms with Gasteiger partial charge in [0.15, 0.2) is 5.13 Å². The fraction of sp³-hybridized carbons (Fsp3) is 0.421. The molecule has 0 radical (unpaired) electrons. The lowest BCUT2D eigenvalue weighted by molar-refractivity contribution is -0.115. The topological polar surface area (TPSA) is 80.3 Å². The van der Waals surface area contributed by atoms with Crippen LogP contribution in [0.15, 0.2) is 30.3 Å². The van der Waals surface area contributed by atoms with Crippen molar-refractivity contribution in [3.63, 3.8) is 0 Å². The van der Waals surface area contributed by atoms with Gasteiger partial charge in [0.05, 0.1) is 5.69 Å². The highest BCUT2D eigenvalue weighted by molar-refractivity contribution is 7.15. The number of aromatic nitrogens is 1. The number of hydrogen-bond donors (Lipinski definition) is 2. The second-order valence-electron chi connectivity index (χ2n) is 6.27. The van der Waals surface area contributed by atoms with Crippen molar-refractivity contribution in [3.8, 4) is 0 Å². The zero-order valence-electron chi connectivity index (χ0n) is 14.6. The quantitative estimate of drug-likeness (QED) is 0.838. The third kappa shape index (κ3) is 5.56. The van der Waals surface area contributed by atoms with Gasteiger partial charge in [-0.25, -0.2) is 9.78 Å². The van der Waals surface area contributed by atoms with Gasteiger partial charge in [0.1, 0.15) is 13.2 Å². The SMILES string of the molecule is O=C(CNC(=O)OCc1ccccc1)Nc1nc2c(s1)CCCCCC2. The van der Waals surface area contributed by atoms with Crippen molar-refractivity contribution in [1.29, 1.82) is 0 Å². The van der Waals surface area contributed by atoms with Crippen molar-refractivity contribution in [1.82, 2.24) is 10.3 Å². The van der Waals surface area contributed by atoms with Gasteiger partial charge in [0.2, 0.25) is 5.91 Å². The van der Waals surface area contributed by atoms with Crippen LogP contribution in [-0.4, -0.2) is 23.5 Å². The first kappa shape index (κ1) is 18.4. The molecular weight excluding hydrogens is 350 g/mol. The van der Waals surface area contributed by atoms with E-state index in [4.69, 9.17) is 4.74 Å². The molecule has 1 aromatic heterocycles. The number of carbonyl (C=O) groups excluding carboxylic acids is 2. The van der Waals surface area contributed by atoms with Crippen molar-refractivity contribution in [3.05, 3.63) is 46.5 Å². The fourth-order valence-corrected chi connectivity index (χ4v) is 3.92. The summed E-state index contributed by atoms with van der Waals surface area (Å²) in [6.07, 6.45) is 6.23. The molecular formula is C19H23N3O3S. The standard InChI is InChI=1S/C19H23N3O3S/c23-17(12-20-19(24)25-13-14-8-4-3-5-9-14)22-18-21-15-10-6-1-2-7-11-16(15)26-18/h3-5,8-9H,1-2,6-7,10-13H2,(H,20,24)(H,21,22,23). The molecule has 0 bridgehead atoms. The molecule has 0 unspecified atom stereocenters. The molecule has 0 fully saturated rings. The van der Waals surface area contributed by atoms with E-state index in [2.05, 4.69) is 15.6 Å². The number of aryl methyl sites for hydroxylation is 2. The Hall–Kier alpha value is -2.41. The summed E-state index contributed by atoms with van der Waals surface area (Å²) >= 11 is 1.54. The van der Waals surface area contributed by atoms with Gasteiger partial charge < -0.3 is 15.4 Å². The smallest absolute Gasteiger partial charge is 0.407 e. The summed E-state index contributed by atoms with van der Waals surface area (Å²) in [5.41, 5.74) is 2.01. The van der Waals surface area contributed by atoms with Crippen LogP contribution in [0.1, 0.15) is 41.8 Å². The van der Waals surface area contributed by atoms with Gasteiger partial charge in [-0.1, -0.05) is 43.2 Å². The average molecular weight is 373 g/mol. The van der Waals surface area contributed by atoms with Gasteiger partial charge in [-0.05, 0) is 31.2 Å². The number of amides is 2. The monoisotopic (exact) mass is 373 g/mol. The van der Waals surface area contributed by atoms with Crippen LogP contribution < -0.4 is 10.6 Å². The van der Waals surface area contributed by atoms with Gasteiger partial charge >= 0.3 is 6.09 Å². The highest BCUT2D eigenvalue weighted by Crippen LogP contribution is 2.28. The molecule has 0 spiro atoms. The van der Waals surface area contributed by atoms with E-state index in [1.54, 1.807) is 11.3 Å². The number of nitrogens with zero attached hydrogens (tertiary/aromatic N) is 1. The van der Waals surface area contributed by atoms with E-state index < -0.39 is 6.09 Å². The molecule has 26 heavy (non-hydrogen) atoms. The highest BCUT2D eigenvalue weighted by Gasteiger charge is 2.15. The maximum atomic E-state index is 12.0. The Morgan fingerprint density at radius 2 is 1.85 bits per heavy atom. The first-order chi connectivity index (χ1) is 12.7. The molecule has 1 aliphatic rings. The number of thiazole rings is 1. The Labute approximate surface area is 157 Å². The van der Waals surface area contributed by atoms with Crippen molar-refractivity contribution >= 4 is 28.5 Å². The van der Waals surface area contributed by atoms with E-state index in [1.165, 1.54) is 24.1 Å². The highest BCUT2D eigenvalue weighted by atomic mass is 32.1. The van der Waals surface area contributed by atoms with Gasteiger partial charge in [-0.3, -0.25) is 4.79 Å². The minimum Gasteiger partial charge on any atom is -0.445 e. The lowest BCUT2D eigenvalue weighted by Crippen LogP contribution is -2.33.